The molecule has 2 aromatic rings. The minimum atomic E-state index is 0.589. The van der Waals surface area contributed by atoms with Crippen LogP contribution in [0.1, 0.15) is 16.8 Å². The summed E-state index contributed by atoms with van der Waals surface area (Å²) in [6, 6.07) is 6.22. The molecule has 0 aliphatic carbocycles. The van der Waals surface area contributed by atoms with Crippen LogP contribution in [0.15, 0.2) is 24.4 Å². The van der Waals surface area contributed by atoms with Crippen molar-refractivity contribution in [1.29, 1.82) is 0 Å². The first-order valence-corrected chi connectivity index (χ1v) is 6.42. The molecule has 0 spiro atoms. The fourth-order valence-electron chi connectivity index (χ4n) is 1.98. The molecule has 0 aliphatic rings. The van der Waals surface area contributed by atoms with Crippen molar-refractivity contribution in [2.75, 3.05) is 13.7 Å². The Morgan fingerprint density at radius 3 is 2.63 bits per heavy atom. The third kappa shape index (κ3) is 4.06. The van der Waals surface area contributed by atoms with Crippen LogP contribution >= 0.6 is 0 Å². The molecular formula is C14H20N4O. The number of nitrogens with one attached hydrogen (secondary N) is 1. The zero-order valence-corrected chi connectivity index (χ0v) is 11.7. The molecule has 0 aliphatic heterocycles. The Labute approximate surface area is 113 Å². The van der Waals surface area contributed by atoms with E-state index in [0.717, 1.165) is 18.0 Å². The van der Waals surface area contributed by atoms with Crippen molar-refractivity contribution >= 4 is 0 Å². The third-order valence-corrected chi connectivity index (χ3v) is 2.73. The Morgan fingerprint density at radius 1 is 1.21 bits per heavy atom. The maximum Gasteiger partial charge on any atom is 0.119 e. The molecule has 1 aromatic carbocycles. The average molecular weight is 260 g/mol. The van der Waals surface area contributed by atoms with E-state index in [1.54, 1.807) is 4.68 Å². The number of rotatable bonds is 6. The first kappa shape index (κ1) is 13.5. The Bertz CT molecular complexity index is 516. The van der Waals surface area contributed by atoms with Crippen LogP contribution < -0.4 is 10.1 Å². The molecule has 0 atom stereocenters. The van der Waals surface area contributed by atoms with Gasteiger partial charge in [0, 0.05) is 12.7 Å². The maximum atomic E-state index is 5.74. The quantitative estimate of drug-likeness (QED) is 0.859. The van der Waals surface area contributed by atoms with Gasteiger partial charge in [-0.2, -0.15) is 0 Å². The third-order valence-electron chi connectivity index (χ3n) is 2.73. The zero-order valence-electron chi connectivity index (χ0n) is 11.7. The van der Waals surface area contributed by atoms with Crippen molar-refractivity contribution < 1.29 is 4.74 Å². The number of aryl methyl sites for hydroxylation is 2. The lowest BCUT2D eigenvalue weighted by atomic mass is 10.1. The monoisotopic (exact) mass is 260 g/mol. The minimum Gasteiger partial charge on any atom is -0.492 e. The summed E-state index contributed by atoms with van der Waals surface area (Å²) in [5.41, 5.74) is 3.37. The van der Waals surface area contributed by atoms with Crippen LogP contribution in [-0.2, 0) is 13.1 Å². The Morgan fingerprint density at radius 2 is 1.95 bits per heavy atom. The molecule has 5 nitrogen and oxygen atoms in total. The molecule has 19 heavy (non-hydrogen) atoms. The largest absolute Gasteiger partial charge is 0.492 e. The van der Waals surface area contributed by atoms with Gasteiger partial charge < -0.3 is 10.1 Å². The SMILES string of the molecule is CNCc1cn(CCOc2cc(C)cc(C)c2)nn1. The summed E-state index contributed by atoms with van der Waals surface area (Å²) < 4.78 is 7.54. The van der Waals surface area contributed by atoms with E-state index in [4.69, 9.17) is 4.74 Å². The van der Waals surface area contributed by atoms with E-state index < -0.39 is 0 Å². The van der Waals surface area contributed by atoms with Crippen LogP contribution in [0, 0.1) is 13.8 Å². The molecule has 0 fully saturated rings. The summed E-state index contributed by atoms with van der Waals surface area (Å²) in [7, 11) is 1.89. The van der Waals surface area contributed by atoms with Crippen molar-refractivity contribution in [3.63, 3.8) is 0 Å². The van der Waals surface area contributed by atoms with Crippen molar-refractivity contribution in [3.05, 3.63) is 41.2 Å². The smallest absolute Gasteiger partial charge is 0.119 e. The van der Waals surface area contributed by atoms with Gasteiger partial charge >= 0.3 is 0 Å². The van der Waals surface area contributed by atoms with Gasteiger partial charge in [0.1, 0.15) is 12.4 Å². The standard InChI is InChI=1S/C14H20N4O/c1-11-6-12(2)8-14(7-11)19-5-4-18-10-13(9-15-3)16-17-18/h6-8,10,15H,4-5,9H2,1-3H3. The molecule has 0 saturated carbocycles. The number of aromatic nitrogens is 3. The van der Waals surface area contributed by atoms with E-state index in [-0.39, 0.29) is 0 Å². The Balaban J connectivity index is 1.85. The molecule has 0 amide bonds. The van der Waals surface area contributed by atoms with Crippen LogP contribution in [0.3, 0.4) is 0 Å². The molecule has 2 rings (SSSR count). The van der Waals surface area contributed by atoms with E-state index in [1.165, 1.54) is 11.1 Å². The molecule has 0 bridgehead atoms. The number of hydrogen-bond donors (Lipinski definition) is 1. The van der Waals surface area contributed by atoms with E-state index in [9.17, 15) is 0 Å². The van der Waals surface area contributed by atoms with E-state index in [1.807, 2.05) is 25.4 Å². The number of hydrogen-bond acceptors (Lipinski definition) is 4. The fourth-order valence-corrected chi connectivity index (χ4v) is 1.98. The first-order valence-electron chi connectivity index (χ1n) is 6.42. The van der Waals surface area contributed by atoms with Gasteiger partial charge in [-0.3, -0.25) is 0 Å². The zero-order chi connectivity index (χ0) is 13.7. The summed E-state index contributed by atoms with van der Waals surface area (Å²) >= 11 is 0. The predicted octanol–water partition coefficient (Wildman–Crippen LogP) is 1.69. The maximum absolute atomic E-state index is 5.74. The van der Waals surface area contributed by atoms with Crippen LogP contribution in [0.2, 0.25) is 0 Å². The van der Waals surface area contributed by atoms with Gasteiger partial charge in [0.15, 0.2) is 0 Å². The van der Waals surface area contributed by atoms with Crippen molar-refractivity contribution in [2.24, 2.45) is 0 Å². The van der Waals surface area contributed by atoms with Crippen molar-refractivity contribution in [3.8, 4) is 5.75 Å². The number of nitrogens with zero attached hydrogens (tertiary/aromatic N) is 3. The fraction of sp³-hybridized carbons (Fsp3) is 0.429. The Hall–Kier alpha value is -1.88. The minimum absolute atomic E-state index is 0.589. The molecule has 0 saturated heterocycles. The lowest BCUT2D eigenvalue weighted by Gasteiger charge is -2.07. The molecular weight excluding hydrogens is 240 g/mol. The second-order valence-electron chi connectivity index (χ2n) is 4.68. The average Bonchev–Trinajstić information content (AvgIpc) is 2.76. The molecule has 1 N–H and O–H groups in total. The summed E-state index contributed by atoms with van der Waals surface area (Å²) in [5, 5.41) is 11.1. The van der Waals surface area contributed by atoms with Gasteiger partial charge in [0.05, 0.1) is 12.2 Å². The molecule has 102 valence electrons. The van der Waals surface area contributed by atoms with E-state index in [0.29, 0.717) is 13.2 Å². The molecule has 5 heteroatoms. The summed E-state index contributed by atoms with van der Waals surface area (Å²) in [6.45, 7) is 6.16. The molecule has 1 aromatic heterocycles. The molecule has 1 heterocycles. The van der Waals surface area contributed by atoms with Gasteiger partial charge in [-0.1, -0.05) is 11.3 Å². The topological polar surface area (TPSA) is 52.0 Å². The molecule has 0 unspecified atom stereocenters. The summed E-state index contributed by atoms with van der Waals surface area (Å²) in [6.07, 6.45) is 1.93. The highest BCUT2D eigenvalue weighted by Crippen LogP contribution is 2.16. The van der Waals surface area contributed by atoms with Gasteiger partial charge in [0.2, 0.25) is 0 Å². The number of benzene rings is 1. The van der Waals surface area contributed by atoms with Crippen LogP contribution in [0.25, 0.3) is 0 Å². The van der Waals surface area contributed by atoms with Crippen LogP contribution in [-0.4, -0.2) is 28.6 Å². The molecule has 0 radical (unpaired) electrons. The highest BCUT2D eigenvalue weighted by atomic mass is 16.5. The number of ether oxygens (including phenoxy) is 1. The van der Waals surface area contributed by atoms with Gasteiger partial charge in [-0.05, 0) is 44.2 Å². The van der Waals surface area contributed by atoms with E-state index >= 15 is 0 Å². The van der Waals surface area contributed by atoms with Gasteiger partial charge in [-0.15, -0.1) is 5.10 Å². The summed E-state index contributed by atoms with van der Waals surface area (Å²) in [5.74, 6) is 0.910. The normalized spacial score (nSPS) is 10.7. The summed E-state index contributed by atoms with van der Waals surface area (Å²) in [4.78, 5) is 0. The first-order chi connectivity index (χ1) is 9.17. The highest BCUT2D eigenvalue weighted by molar-refractivity contribution is 5.32. The van der Waals surface area contributed by atoms with E-state index in [2.05, 4.69) is 35.5 Å². The Kier molecular flexibility index (Phi) is 4.52. The van der Waals surface area contributed by atoms with Crippen LogP contribution in [0.5, 0.6) is 5.75 Å². The predicted molar refractivity (Wildman–Crippen MR) is 74.2 cm³/mol. The highest BCUT2D eigenvalue weighted by Gasteiger charge is 2.01. The van der Waals surface area contributed by atoms with Gasteiger partial charge in [0.25, 0.3) is 0 Å². The lowest BCUT2D eigenvalue weighted by Crippen LogP contribution is -2.09. The van der Waals surface area contributed by atoms with Crippen LogP contribution in [0.4, 0.5) is 0 Å². The van der Waals surface area contributed by atoms with Crippen molar-refractivity contribution in [1.82, 2.24) is 20.3 Å². The van der Waals surface area contributed by atoms with Gasteiger partial charge in [-0.25, -0.2) is 4.68 Å². The second-order valence-corrected chi connectivity index (χ2v) is 4.68. The lowest BCUT2D eigenvalue weighted by molar-refractivity contribution is 0.289. The van der Waals surface area contributed by atoms with Crippen molar-refractivity contribution in [2.45, 2.75) is 26.9 Å². The second kappa shape index (κ2) is 6.33.